The monoisotopic (exact) mass is 389 g/mol. The Morgan fingerprint density at radius 2 is 1.64 bits per heavy atom. The number of benzene rings is 1. The van der Waals surface area contributed by atoms with Gasteiger partial charge in [0.2, 0.25) is 11.6 Å². The first-order valence-electron chi connectivity index (χ1n) is 9.40. The number of hydrogen-bond donors (Lipinski definition) is 0. The molecule has 0 spiro atoms. The molecule has 1 aliphatic rings. The summed E-state index contributed by atoms with van der Waals surface area (Å²) in [5, 5.41) is 0. The smallest absolute Gasteiger partial charge is 0.410 e. The summed E-state index contributed by atoms with van der Waals surface area (Å²) >= 11 is 0. The van der Waals surface area contributed by atoms with E-state index in [1.54, 1.807) is 20.8 Å². The van der Waals surface area contributed by atoms with Gasteiger partial charge in [-0.25, -0.2) is 4.79 Å². The number of likely N-dealkylation sites (tertiary alicyclic amines) is 1. The summed E-state index contributed by atoms with van der Waals surface area (Å²) < 4.78 is 10.4. The molecule has 1 aromatic rings. The number of Topliss-reactive ketones (excluding diaryl/α,β-unsaturated/α-hetero) is 2. The second-order valence-corrected chi connectivity index (χ2v) is 7.85. The van der Waals surface area contributed by atoms with Crippen LogP contribution < -0.4 is 0 Å². The third-order valence-electron chi connectivity index (χ3n) is 4.33. The van der Waals surface area contributed by atoms with Crippen LogP contribution in [0, 0.1) is 5.92 Å². The Morgan fingerprint density at radius 3 is 2.21 bits per heavy atom. The minimum Gasteiger partial charge on any atom is -0.460 e. The lowest BCUT2D eigenvalue weighted by molar-refractivity contribution is -0.158. The van der Waals surface area contributed by atoms with Gasteiger partial charge in [0, 0.05) is 19.0 Å². The SMILES string of the molecule is CC(C)(C)OC(=O)CC(=O)C(=O)C1CCN(C(=O)OCc2ccccc2)CC1. The molecular weight excluding hydrogens is 362 g/mol. The van der Waals surface area contributed by atoms with Crippen molar-refractivity contribution in [3.8, 4) is 0 Å². The average Bonchev–Trinajstić information content (AvgIpc) is 2.64. The van der Waals surface area contributed by atoms with Crippen molar-refractivity contribution in [1.29, 1.82) is 0 Å². The van der Waals surface area contributed by atoms with Crippen LogP contribution >= 0.6 is 0 Å². The van der Waals surface area contributed by atoms with Gasteiger partial charge >= 0.3 is 12.1 Å². The third-order valence-corrected chi connectivity index (χ3v) is 4.33. The lowest BCUT2D eigenvalue weighted by Crippen LogP contribution is -2.42. The van der Waals surface area contributed by atoms with Crippen molar-refractivity contribution in [2.45, 2.75) is 52.2 Å². The fourth-order valence-corrected chi connectivity index (χ4v) is 2.96. The number of esters is 1. The van der Waals surface area contributed by atoms with Gasteiger partial charge < -0.3 is 14.4 Å². The highest BCUT2D eigenvalue weighted by Gasteiger charge is 2.32. The molecule has 7 heteroatoms. The maximum absolute atomic E-state index is 12.3. The zero-order chi connectivity index (χ0) is 20.7. The summed E-state index contributed by atoms with van der Waals surface area (Å²) in [4.78, 5) is 49.8. The van der Waals surface area contributed by atoms with Crippen LogP contribution in [0.15, 0.2) is 30.3 Å². The van der Waals surface area contributed by atoms with E-state index in [1.165, 1.54) is 4.90 Å². The van der Waals surface area contributed by atoms with Gasteiger partial charge in [-0.15, -0.1) is 0 Å². The van der Waals surface area contributed by atoms with E-state index in [9.17, 15) is 19.2 Å². The Bertz CT molecular complexity index is 714. The summed E-state index contributed by atoms with van der Waals surface area (Å²) in [6, 6.07) is 9.36. The third kappa shape index (κ3) is 6.79. The Hall–Kier alpha value is -2.70. The number of hydrogen-bond acceptors (Lipinski definition) is 6. The highest BCUT2D eigenvalue weighted by molar-refractivity contribution is 6.40. The number of rotatable bonds is 6. The second kappa shape index (κ2) is 9.48. The molecule has 1 saturated heterocycles. The molecule has 2 rings (SSSR count). The van der Waals surface area contributed by atoms with Crippen molar-refractivity contribution in [3.63, 3.8) is 0 Å². The van der Waals surface area contributed by atoms with Gasteiger partial charge in [-0.05, 0) is 39.2 Å². The molecule has 0 bridgehead atoms. The normalized spacial score (nSPS) is 15.0. The zero-order valence-electron chi connectivity index (χ0n) is 16.6. The number of nitrogens with zero attached hydrogens (tertiary/aromatic N) is 1. The first-order chi connectivity index (χ1) is 13.2. The molecule has 0 atom stereocenters. The molecule has 0 aliphatic carbocycles. The molecule has 0 radical (unpaired) electrons. The van der Waals surface area contributed by atoms with Gasteiger partial charge in [0.15, 0.2) is 0 Å². The van der Waals surface area contributed by atoms with E-state index in [0.717, 1.165) is 5.56 Å². The van der Waals surface area contributed by atoms with Gasteiger partial charge in [0.1, 0.15) is 18.6 Å². The summed E-state index contributed by atoms with van der Waals surface area (Å²) in [6.07, 6.45) is -0.233. The molecule has 1 aliphatic heterocycles. The summed E-state index contributed by atoms with van der Waals surface area (Å²) in [5.41, 5.74) is 0.194. The molecule has 1 fully saturated rings. The Kier molecular flexibility index (Phi) is 7.31. The van der Waals surface area contributed by atoms with Gasteiger partial charge in [-0.2, -0.15) is 0 Å². The van der Waals surface area contributed by atoms with Crippen LogP contribution in [0.5, 0.6) is 0 Å². The molecule has 1 amide bonds. The van der Waals surface area contributed by atoms with Gasteiger partial charge in [0.25, 0.3) is 0 Å². The van der Waals surface area contributed by atoms with Crippen LogP contribution in [0.25, 0.3) is 0 Å². The van der Waals surface area contributed by atoms with E-state index < -0.39 is 41.6 Å². The van der Waals surface area contributed by atoms with Crippen LogP contribution in [0.3, 0.4) is 0 Å². The van der Waals surface area contributed by atoms with Crippen molar-refractivity contribution in [2.24, 2.45) is 5.92 Å². The number of ether oxygens (including phenoxy) is 2. The maximum atomic E-state index is 12.3. The Morgan fingerprint density at radius 1 is 1.04 bits per heavy atom. The molecular formula is C21H27NO6. The predicted molar refractivity (Wildman–Crippen MR) is 101 cm³/mol. The van der Waals surface area contributed by atoms with E-state index >= 15 is 0 Å². The highest BCUT2D eigenvalue weighted by atomic mass is 16.6. The number of ketones is 2. The van der Waals surface area contributed by atoms with Crippen LogP contribution in [0.1, 0.15) is 45.6 Å². The number of carbonyl (C=O) groups is 4. The summed E-state index contributed by atoms with van der Waals surface area (Å²) in [6.45, 7) is 5.96. The lowest BCUT2D eigenvalue weighted by Gasteiger charge is -2.30. The van der Waals surface area contributed by atoms with Crippen molar-refractivity contribution in [1.82, 2.24) is 4.90 Å². The first kappa shape index (κ1) is 21.6. The molecule has 0 aromatic heterocycles. The fraction of sp³-hybridized carbons (Fsp3) is 0.524. The largest absolute Gasteiger partial charge is 0.460 e. The predicted octanol–water partition coefficient (Wildman–Crippen LogP) is 2.91. The number of carbonyl (C=O) groups excluding carboxylic acids is 4. The lowest BCUT2D eigenvalue weighted by atomic mass is 9.90. The van der Waals surface area contributed by atoms with E-state index in [2.05, 4.69) is 0 Å². The molecule has 7 nitrogen and oxygen atoms in total. The topological polar surface area (TPSA) is 90.0 Å². The number of piperidine rings is 1. The molecule has 0 N–H and O–H groups in total. The molecule has 28 heavy (non-hydrogen) atoms. The quantitative estimate of drug-likeness (QED) is 0.422. The Labute approximate surface area is 165 Å². The average molecular weight is 389 g/mol. The minimum absolute atomic E-state index is 0.187. The van der Waals surface area contributed by atoms with Crippen molar-refractivity contribution in [3.05, 3.63) is 35.9 Å². The molecule has 1 heterocycles. The van der Waals surface area contributed by atoms with Crippen molar-refractivity contribution >= 4 is 23.6 Å². The van der Waals surface area contributed by atoms with Crippen molar-refractivity contribution < 1.29 is 28.7 Å². The number of amides is 1. The van der Waals surface area contributed by atoms with Gasteiger partial charge in [0.05, 0.1) is 0 Å². The van der Waals surface area contributed by atoms with Crippen LogP contribution in [0.2, 0.25) is 0 Å². The van der Waals surface area contributed by atoms with E-state index in [1.807, 2.05) is 30.3 Å². The summed E-state index contributed by atoms with van der Waals surface area (Å²) in [5.74, 6) is -2.48. The molecule has 1 aromatic carbocycles. The van der Waals surface area contributed by atoms with E-state index in [4.69, 9.17) is 9.47 Å². The van der Waals surface area contributed by atoms with E-state index in [-0.39, 0.29) is 6.61 Å². The van der Waals surface area contributed by atoms with Crippen LogP contribution in [-0.4, -0.2) is 47.2 Å². The minimum atomic E-state index is -0.737. The van der Waals surface area contributed by atoms with E-state index in [0.29, 0.717) is 25.9 Å². The van der Waals surface area contributed by atoms with Crippen LogP contribution in [-0.2, 0) is 30.5 Å². The fourth-order valence-electron chi connectivity index (χ4n) is 2.96. The van der Waals surface area contributed by atoms with Crippen molar-refractivity contribution in [2.75, 3.05) is 13.1 Å². The highest BCUT2D eigenvalue weighted by Crippen LogP contribution is 2.20. The Balaban J connectivity index is 1.76. The zero-order valence-corrected chi connectivity index (χ0v) is 16.6. The second-order valence-electron chi connectivity index (χ2n) is 7.85. The summed E-state index contributed by atoms with van der Waals surface area (Å²) in [7, 11) is 0. The standard InChI is InChI=1S/C21H27NO6/c1-21(2,3)28-18(24)13-17(23)19(25)16-9-11-22(12-10-16)20(26)27-14-15-7-5-4-6-8-15/h4-8,16H,9-14H2,1-3H3. The molecule has 0 unspecified atom stereocenters. The van der Waals surface area contributed by atoms with Gasteiger partial charge in [-0.3, -0.25) is 14.4 Å². The van der Waals surface area contributed by atoms with Crippen LogP contribution in [0.4, 0.5) is 4.79 Å². The maximum Gasteiger partial charge on any atom is 0.410 e. The molecule has 0 saturated carbocycles. The van der Waals surface area contributed by atoms with Gasteiger partial charge in [-0.1, -0.05) is 30.3 Å². The molecule has 152 valence electrons. The first-order valence-corrected chi connectivity index (χ1v) is 9.40.